The van der Waals surface area contributed by atoms with E-state index in [-0.39, 0.29) is 25.7 Å². The van der Waals surface area contributed by atoms with Crippen molar-refractivity contribution in [3.05, 3.63) is 35.9 Å². The van der Waals surface area contributed by atoms with E-state index in [0.29, 0.717) is 5.56 Å². The number of hydrogen-bond acceptors (Lipinski definition) is 7. The molecule has 2 rings (SSSR count). The fourth-order valence-electron chi connectivity index (χ4n) is 2.32. The molecule has 1 unspecified atom stereocenters. The zero-order valence-corrected chi connectivity index (χ0v) is 14.9. The summed E-state index contributed by atoms with van der Waals surface area (Å²) in [6.07, 6.45) is -3.14. The summed E-state index contributed by atoms with van der Waals surface area (Å²) in [5, 5.41) is 1.71. The van der Waals surface area contributed by atoms with Crippen LogP contribution in [-0.2, 0) is 19.0 Å². The summed E-state index contributed by atoms with van der Waals surface area (Å²) >= 11 is 0. The second-order valence-corrected chi connectivity index (χ2v) is 5.00. The predicted molar refractivity (Wildman–Crippen MR) is 91.1 cm³/mol. The molecule has 0 saturated heterocycles. The molecular formula is C17H21N3O6. The van der Waals surface area contributed by atoms with Gasteiger partial charge >= 0.3 is 18.2 Å². The summed E-state index contributed by atoms with van der Waals surface area (Å²) in [7, 11) is 0. The Bertz CT molecular complexity index is 691. The van der Waals surface area contributed by atoms with Crippen LogP contribution < -0.4 is 0 Å². The monoisotopic (exact) mass is 363 g/mol. The fourth-order valence-corrected chi connectivity index (χ4v) is 2.32. The fraction of sp³-hybridized carbons (Fsp3) is 0.412. The lowest BCUT2D eigenvalue weighted by atomic mass is 10.2. The highest BCUT2D eigenvalue weighted by Gasteiger charge is 2.47. The van der Waals surface area contributed by atoms with Crippen LogP contribution in [0.3, 0.4) is 0 Å². The third-order valence-corrected chi connectivity index (χ3v) is 3.32. The number of amidine groups is 1. The number of carbonyl (C=O) groups excluding carboxylic acids is 3. The molecule has 9 nitrogen and oxygen atoms in total. The molecule has 1 aromatic carbocycles. The number of aliphatic imine (C=N–C) groups is 1. The second-order valence-electron chi connectivity index (χ2n) is 5.00. The highest BCUT2D eigenvalue weighted by molar-refractivity contribution is 6.10. The van der Waals surface area contributed by atoms with Gasteiger partial charge in [-0.25, -0.2) is 19.4 Å². The molecule has 26 heavy (non-hydrogen) atoms. The average molecular weight is 363 g/mol. The van der Waals surface area contributed by atoms with Crippen LogP contribution in [0, 0.1) is 0 Å². The van der Waals surface area contributed by atoms with Crippen molar-refractivity contribution in [2.24, 2.45) is 4.99 Å². The third-order valence-electron chi connectivity index (χ3n) is 3.32. The van der Waals surface area contributed by atoms with Gasteiger partial charge in [0.15, 0.2) is 5.84 Å². The van der Waals surface area contributed by atoms with E-state index in [2.05, 4.69) is 4.99 Å². The number of amides is 2. The molecule has 1 aliphatic heterocycles. The Hall–Kier alpha value is -3.10. The lowest BCUT2D eigenvalue weighted by Gasteiger charge is -2.29. The maximum atomic E-state index is 12.5. The van der Waals surface area contributed by atoms with Gasteiger partial charge in [-0.1, -0.05) is 30.3 Å². The lowest BCUT2D eigenvalue weighted by molar-refractivity contribution is -0.150. The van der Waals surface area contributed by atoms with E-state index >= 15 is 0 Å². The van der Waals surface area contributed by atoms with Crippen LogP contribution in [0.15, 0.2) is 35.3 Å². The SMILES string of the molecule is CCOC(=O)C1N=C(c2ccccc2)N(C(=O)OCC)N1C(=O)OCC. The first-order valence-corrected chi connectivity index (χ1v) is 8.27. The molecule has 1 aromatic rings. The van der Waals surface area contributed by atoms with Gasteiger partial charge in [0.1, 0.15) is 0 Å². The Morgan fingerprint density at radius 2 is 1.50 bits per heavy atom. The summed E-state index contributed by atoms with van der Waals surface area (Å²) in [4.78, 5) is 41.5. The molecule has 0 fully saturated rings. The Morgan fingerprint density at radius 1 is 0.923 bits per heavy atom. The van der Waals surface area contributed by atoms with Crippen molar-refractivity contribution >= 4 is 24.0 Å². The van der Waals surface area contributed by atoms with Crippen LogP contribution in [0.4, 0.5) is 9.59 Å². The summed E-state index contributed by atoms with van der Waals surface area (Å²) in [5.41, 5.74) is 0.529. The number of esters is 1. The van der Waals surface area contributed by atoms with Crippen molar-refractivity contribution in [1.82, 2.24) is 10.0 Å². The number of hydrazine groups is 1. The van der Waals surface area contributed by atoms with Crippen LogP contribution in [-0.4, -0.2) is 60.0 Å². The number of hydrogen-bond donors (Lipinski definition) is 0. The molecule has 2 amide bonds. The minimum absolute atomic E-state index is 0.0578. The minimum atomic E-state index is -1.38. The number of benzene rings is 1. The van der Waals surface area contributed by atoms with Crippen molar-refractivity contribution in [3.8, 4) is 0 Å². The molecule has 9 heteroatoms. The predicted octanol–water partition coefficient (Wildman–Crippen LogP) is 2.17. The van der Waals surface area contributed by atoms with E-state index < -0.39 is 24.3 Å². The molecule has 0 N–H and O–H groups in total. The highest BCUT2D eigenvalue weighted by Crippen LogP contribution is 2.24. The second kappa shape index (κ2) is 8.84. The van der Waals surface area contributed by atoms with Crippen molar-refractivity contribution in [1.29, 1.82) is 0 Å². The Balaban J connectivity index is 2.51. The summed E-state index contributed by atoms with van der Waals surface area (Å²) in [6, 6.07) is 8.67. The van der Waals surface area contributed by atoms with Crippen LogP contribution in [0.25, 0.3) is 0 Å². The van der Waals surface area contributed by atoms with E-state index in [1.54, 1.807) is 51.1 Å². The van der Waals surface area contributed by atoms with Crippen molar-refractivity contribution in [2.45, 2.75) is 26.9 Å². The zero-order valence-electron chi connectivity index (χ0n) is 14.9. The first-order chi connectivity index (χ1) is 12.5. The van der Waals surface area contributed by atoms with E-state index in [9.17, 15) is 14.4 Å². The van der Waals surface area contributed by atoms with Gasteiger partial charge in [0.25, 0.3) is 0 Å². The largest absolute Gasteiger partial charge is 0.463 e. The maximum absolute atomic E-state index is 12.5. The quantitative estimate of drug-likeness (QED) is 0.587. The molecule has 0 aromatic heterocycles. The van der Waals surface area contributed by atoms with Gasteiger partial charge in [0.2, 0.25) is 6.17 Å². The summed E-state index contributed by atoms with van der Waals surface area (Å²) < 4.78 is 15.0. The van der Waals surface area contributed by atoms with E-state index in [1.165, 1.54) is 0 Å². The van der Waals surface area contributed by atoms with Crippen LogP contribution in [0.5, 0.6) is 0 Å². The molecule has 1 atom stereocenters. The van der Waals surface area contributed by atoms with E-state index in [1.807, 2.05) is 0 Å². The smallest absolute Gasteiger partial charge is 0.435 e. The number of carbonyl (C=O) groups is 3. The summed E-state index contributed by atoms with van der Waals surface area (Å²) in [5.74, 6) is -0.684. The van der Waals surface area contributed by atoms with Crippen molar-refractivity contribution in [2.75, 3.05) is 19.8 Å². The zero-order chi connectivity index (χ0) is 19.1. The van der Waals surface area contributed by atoms with Gasteiger partial charge in [-0.2, -0.15) is 10.0 Å². The lowest BCUT2D eigenvalue weighted by Crippen LogP contribution is -2.54. The van der Waals surface area contributed by atoms with E-state index in [4.69, 9.17) is 14.2 Å². The van der Waals surface area contributed by atoms with Crippen molar-refractivity contribution in [3.63, 3.8) is 0 Å². The Kier molecular flexibility index (Phi) is 6.54. The van der Waals surface area contributed by atoms with Gasteiger partial charge in [-0.3, -0.25) is 0 Å². The van der Waals surface area contributed by atoms with Gasteiger partial charge in [-0.05, 0) is 20.8 Å². The van der Waals surface area contributed by atoms with Crippen LogP contribution >= 0.6 is 0 Å². The summed E-state index contributed by atoms with van der Waals surface area (Å²) in [6.45, 7) is 5.11. The Morgan fingerprint density at radius 3 is 2.08 bits per heavy atom. The topological polar surface area (TPSA) is 97.7 Å². The molecule has 0 bridgehead atoms. The van der Waals surface area contributed by atoms with E-state index in [0.717, 1.165) is 10.0 Å². The molecule has 0 aliphatic carbocycles. The minimum Gasteiger partial charge on any atom is -0.463 e. The highest BCUT2D eigenvalue weighted by atomic mass is 16.6. The first-order valence-electron chi connectivity index (χ1n) is 8.27. The third kappa shape index (κ3) is 3.93. The van der Waals surface area contributed by atoms with Gasteiger partial charge in [0.05, 0.1) is 19.8 Å². The molecule has 0 saturated carbocycles. The molecular weight excluding hydrogens is 342 g/mol. The maximum Gasteiger partial charge on any atom is 0.435 e. The van der Waals surface area contributed by atoms with Crippen molar-refractivity contribution < 1.29 is 28.6 Å². The van der Waals surface area contributed by atoms with Gasteiger partial charge in [-0.15, -0.1) is 0 Å². The first kappa shape index (κ1) is 19.2. The number of ether oxygens (including phenoxy) is 3. The number of rotatable bonds is 5. The van der Waals surface area contributed by atoms with Gasteiger partial charge in [0, 0.05) is 5.56 Å². The molecule has 1 heterocycles. The molecule has 0 radical (unpaired) electrons. The van der Waals surface area contributed by atoms with Gasteiger partial charge < -0.3 is 14.2 Å². The van der Waals surface area contributed by atoms with Crippen LogP contribution in [0.1, 0.15) is 26.3 Å². The molecule has 1 aliphatic rings. The average Bonchev–Trinajstić information content (AvgIpc) is 3.04. The number of nitrogens with zero attached hydrogens (tertiary/aromatic N) is 3. The normalized spacial score (nSPS) is 16.1. The van der Waals surface area contributed by atoms with Crippen LogP contribution in [0.2, 0.25) is 0 Å². The molecule has 140 valence electrons. The molecule has 0 spiro atoms. The standard InChI is InChI=1S/C17H21N3O6/c1-4-24-15(21)14-18-13(12-10-8-7-9-11-12)19(16(22)25-5-2)20(14)17(23)26-6-3/h7-11,14H,4-6H2,1-3H3. The Labute approximate surface area is 151 Å².